The molecule has 2 N–H and O–H groups in total. The summed E-state index contributed by atoms with van der Waals surface area (Å²) in [7, 11) is -3.48. The van der Waals surface area contributed by atoms with Gasteiger partial charge in [0.2, 0.25) is 10.0 Å². The molecule has 0 saturated heterocycles. The summed E-state index contributed by atoms with van der Waals surface area (Å²) in [4.78, 5) is 3.79. The predicted octanol–water partition coefficient (Wildman–Crippen LogP) is 3.57. The van der Waals surface area contributed by atoms with E-state index in [2.05, 4.69) is 28.8 Å². The van der Waals surface area contributed by atoms with Gasteiger partial charge in [-0.05, 0) is 48.6 Å². The topological polar surface area (TPSA) is 62.0 Å². The number of aromatic amines is 1. The monoisotopic (exact) mass is 354 g/mol. The molecule has 3 aromatic rings. The van der Waals surface area contributed by atoms with Gasteiger partial charge in [-0.2, -0.15) is 0 Å². The normalized spacial score (nSPS) is 17.6. The fraction of sp³-hybridized carbons (Fsp3) is 0.300. The second-order valence-electron chi connectivity index (χ2n) is 6.69. The van der Waals surface area contributed by atoms with E-state index in [-0.39, 0.29) is 6.04 Å². The van der Waals surface area contributed by atoms with E-state index in [1.807, 2.05) is 24.3 Å². The van der Waals surface area contributed by atoms with Gasteiger partial charge >= 0.3 is 0 Å². The number of fused-ring (bicyclic) bond motifs is 3. The summed E-state index contributed by atoms with van der Waals surface area (Å²) >= 11 is 0. The Hall–Kier alpha value is -2.11. The minimum absolute atomic E-state index is 0.0728. The minimum atomic E-state index is -3.48. The minimum Gasteiger partial charge on any atom is -0.358 e. The molecule has 0 aliphatic heterocycles. The first-order valence-corrected chi connectivity index (χ1v) is 10.2. The number of rotatable bonds is 4. The fourth-order valence-electron chi connectivity index (χ4n) is 3.68. The summed E-state index contributed by atoms with van der Waals surface area (Å²) in [6.45, 7) is 2.06. The first-order chi connectivity index (χ1) is 12.1. The number of sulfonamides is 1. The molecule has 25 heavy (non-hydrogen) atoms. The van der Waals surface area contributed by atoms with Gasteiger partial charge in [0.25, 0.3) is 0 Å². The van der Waals surface area contributed by atoms with Crippen molar-refractivity contribution in [3.63, 3.8) is 0 Å². The van der Waals surface area contributed by atoms with E-state index in [9.17, 15) is 8.42 Å². The van der Waals surface area contributed by atoms with Gasteiger partial charge in [-0.25, -0.2) is 13.1 Å². The van der Waals surface area contributed by atoms with Crippen LogP contribution in [0, 0.1) is 0 Å². The fourth-order valence-corrected chi connectivity index (χ4v) is 4.95. The van der Waals surface area contributed by atoms with Crippen LogP contribution < -0.4 is 4.72 Å². The zero-order chi connectivity index (χ0) is 17.4. The number of nitrogens with one attached hydrogen (secondary N) is 2. The lowest BCUT2D eigenvalue weighted by molar-refractivity contribution is 0.505. The van der Waals surface area contributed by atoms with Gasteiger partial charge < -0.3 is 4.98 Å². The van der Waals surface area contributed by atoms with E-state index >= 15 is 0 Å². The third-order valence-corrected chi connectivity index (χ3v) is 6.60. The van der Waals surface area contributed by atoms with Crippen LogP contribution in [-0.2, 0) is 29.3 Å². The van der Waals surface area contributed by atoms with Crippen molar-refractivity contribution in [2.75, 3.05) is 0 Å². The average molecular weight is 354 g/mol. The largest absolute Gasteiger partial charge is 0.358 e. The molecule has 130 valence electrons. The quantitative estimate of drug-likeness (QED) is 0.752. The molecule has 5 heteroatoms. The molecule has 1 aromatic heterocycles. The van der Waals surface area contributed by atoms with Crippen molar-refractivity contribution < 1.29 is 8.42 Å². The van der Waals surface area contributed by atoms with Crippen molar-refractivity contribution >= 4 is 20.9 Å². The number of aryl methyl sites for hydroxylation is 2. The summed E-state index contributed by atoms with van der Waals surface area (Å²) in [6, 6.07) is 15.3. The summed E-state index contributed by atoms with van der Waals surface area (Å²) in [5.41, 5.74) is 4.75. The summed E-state index contributed by atoms with van der Waals surface area (Å²) in [5.74, 6) is 0. The van der Waals surface area contributed by atoms with Gasteiger partial charge in [-0.3, -0.25) is 0 Å². The molecule has 4 rings (SSSR count). The lowest BCUT2D eigenvalue weighted by Crippen LogP contribution is -2.38. The SMILES string of the molecule is CCc1ccc(S(=O)(=O)NC2CCc3c([nH]c4ccccc34)C2)cc1. The first-order valence-electron chi connectivity index (χ1n) is 8.76. The number of H-pyrrole nitrogens is 1. The summed E-state index contributed by atoms with van der Waals surface area (Å²) in [5, 5.41) is 1.26. The molecule has 1 atom stereocenters. The molecule has 1 unspecified atom stereocenters. The Bertz CT molecular complexity index is 1000. The van der Waals surface area contributed by atoms with Gasteiger partial charge in [-0.1, -0.05) is 37.3 Å². The third-order valence-electron chi connectivity index (χ3n) is 5.06. The Kier molecular flexibility index (Phi) is 4.13. The Balaban J connectivity index is 1.55. The highest BCUT2D eigenvalue weighted by Crippen LogP contribution is 2.29. The second kappa shape index (κ2) is 6.32. The molecule has 1 heterocycles. The zero-order valence-corrected chi connectivity index (χ0v) is 15.1. The standard InChI is InChI=1S/C20H22N2O2S/c1-2-14-7-10-16(11-8-14)25(23,24)22-15-9-12-18-17-5-3-4-6-19(17)21-20(18)13-15/h3-8,10-11,15,21-22H,2,9,12-13H2,1H3. The highest BCUT2D eigenvalue weighted by molar-refractivity contribution is 7.89. The van der Waals surface area contributed by atoms with Crippen molar-refractivity contribution in [3.05, 3.63) is 65.4 Å². The molecule has 0 saturated carbocycles. The summed E-state index contributed by atoms with van der Waals surface area (Å²) < 4.78 is 28.2. The van der Waals surface area contributed by atoms with Crippen molar-refractivity contribution in [2.45, 2.75) is 43.5 Å². The van der Waals surface area contributed by atoms with Crippen LogP contribution in [0.5, 0.6) is 0 Å². The van der Waals surface area contributed by atoms with Crippen LogP contribution >= 0.6 is 0 Å². The Labute approximate surface area is 148 Å². The van der Waals surface area contributed by atoms with Gasteiger partial charge in [0, 0.05) is 29.1 Å². The molecule has 0 radical (unpaired) electrons. The lowest BCUT2D eigenvalue weighted by Gasteiger charge is -2.23. The lowest BCUT2D eigenvalue weighted by atomic mass is 9.92. The van der Waals surface area contributed by atoms with Crippen LogP contribution in [0.25, 0.3) is 10.9 Å². The van der Waals surface area contributed by atoms with E-state index in [1.165, 1.54) is 10.9 Å². The maximum Gasteiger partial charge on any atom is 0.240 e. The molecule has 0 bridgehead atoms. The van der Waals surface area contributed by atoms with E-state index in [0.717, 1.165) is 36.0 Å². The number of para-hydroxylation sites is 1. The number of hydrogen-bond acceptors (Lipinski definition) is 2. The van der Waals surface area contributed by atoms with Crippen LogP contribution in [0.3, 0.4) is 0 Å². The maximum atomic E-state index is 12.7. The average Bonchev–Trinajstić information content (AvgIpc) is 2.99. The van der Waals surface area contributed by atoms with Gasteiger partial charge in [0.05, 0.1) is 4.90 Å². The van der Waals surface area contributed by atoms with Crippen molar-refractivity contribution in [3.8, 4) is 0 Å². The smallest absolute Gasteiger partial charge is 0.240 e. The number of aromatic nitrogens is 1. The molecule has 4 nitrogen and oxygen atoms in total. The van der Waals surface area contributed by atoms with Crippen LogP contribution in [-0.4, -0.2) is 19.4 Å². The van der Waals surface area contributed by atoms with E-state index in [1.54, 1.807) is 12.1 Å². The van der Waals surface area contributed by atoms with Crippen LogP contribution in [0.4, 0.5) is 0 Å². The molecule has 2 aromatic carbocycles. The van der Waals surface area contributed by atoms with Crippen LogP contribution in [0.2, 0.25) is 0 Å². The van der Waals surface area contributed by atoms with Crippen molar-refractivity contribution in [1.82, 2.24) is 9.71 Å². The molecule has 0 spiro atoms. The Morgan fingerprint density at radius 3 is 2.64 bits per heavy atom. The highest BCUT2D eigenvalue weighted by Gasteiger charge is 2.26. The molecular formula is C20H22N2O2S. The number of benzene rings is 2. The molecule has 1 aliphatic carbocycles. The van der Waals surface area contributed by atoms with Gasteiger partial charge in [0.1, 0.15) is 0 Å². The zero-order valence-electron chi connectivity index (χ0n) is 14.2. The molecule has 0 amide bonds. The van der Waals surface area contributed by atoms with Crippen LogP contribution in [0.1, 0.15) is 30.2 Å². The maximum absolute atomic E-state index is 12.7. The molecule has 0 fully saturated rings. The Morgan fingerprint density at radius 1 is 1.12 bits per heavy atom. The van der Waals surface area contributed by atoms with Gasteiger partial charge in [0.15, 0.2) is 0 Å². The molecular weight excluding hydrogens is 332 g/mol. The van der Waals surface area contributed by atoms with Crippen molar-refractivity contribution in [1.29, 1.82) is 0 Å². The van der Waals surface area contributed by atoms with Crippen LogP contribution in [0.15, 0.2) is 53.4 Å². The first kappa shape index (κ1) is 16.4. The molecule has 1 aliphatic rings. The number of hydrogen-bond donors (Lipinski definition) is 2. The van der Waals surface area contributed by atoms with E-state index < -0.39 is 10.0 Å². The third kappa shape index (κ3) is 3.10. The van der Waals surface area contributed by atoms with Crippen molar-refractivity contribution in [2.24, 2.45) is 0 Å². The van der Waals surface area contributed by atoms with Gasteiger partial charge in [-0.15, -0.1) is 0 Å². The Morgan fingerprint density at radius 2 is 1.88 bits per heavy atom. The van der Waals surface area contributed by atoms with E-state index in [4.69, 9.17) is 0 Å². The highest BCUT2D eigenvalue weighted by atomic mass is 32.2. The predicted molar refractivity (Wildman–Crippen MR) is 100 cm³/mol. The second-order valence-corrected chi connectivity index (χ2v) is 8.40. The van der Waals surface area contributed by atoms with E-state index in [0.29, 0.717) is 11.3 Å². The summed E-state index contributed by atoms with van der Waals surface area (Å²) in [6.07, 6.45) is 3.32.